The van der Waals surface area contributed by atoms with Gasteiger partial charge in [-0.15, -0.1) is 0 Å². The molecule has 0 fully saturated rings. The molecule has 0 heterocycles. The quantitative estimate of drug-likeness (QED) is 0.796. The Balaban J connectivity index is 2.23. The van der Waals surface area contributed by atoms with Crippen molar-refractivity contribution in [1.82, 2.24) is 5.32 Å². The lowest BCUT2D eigenvalue weighted by molar-refractivity contribution is 0.0940. The molecule has 1 unspecified atom stereocenters. The highest BCUT2D eigenvalue weighted by atomic mass is 16.5. The summed E-state index contributed by atoms with van der Waals surface area (Å²) in [6.45, 7) is 3.93. The van der Waals surface area contributed by atoms with E-state index in [1.165, 1.54) is 14.2 Å². The Kier molecular flexibility index (Phi) is 6.60. The molecule has 2 rings (SSSR count). The lowest BCUT2D eigenvalue weighted by atomic mass is 10.1. The van der Waals surface area contributed by atoms with Gasteiger partial charge in [0.05, 0.1) is 25.5 Å². The maximum absolute atomic E-state index is 12.6. The summed E-state index contributed by atoms with van der Waals surface area (Å²) in [5.74, 6) is 0.442. The number of rotatable bonds is 7. The van der Waals surface area contributed by atoms with Crippen LogP contribution in [0.5, 0.6) is 11.5 Å². The standard InChI is InChI=1S/C20H24N2O4/c1-5-13(2)21-20(24)15-8-6-7-9-16(15)22-19(23)14-10-11-17(25-3)18(12-14)26-4/h6-13H,5H2,1-4H3,(H,21,24)(H,22,23). The molecule has 138 valence electrons. The Morgan fingerprint density at radius 1 is 1.00 bits per heavy atom. The molecule has 6 nitrogen and oxygen atoms in total. The van der Waals surface area contributed by atoms with Crippen LogP contribution in [0.15, 0.2) is 42.5 Å². The monoisotopic (exact) mass is 356 g/mol. The number of ether oxygens (including phenoxy) is 2. The van der Waals surface area contributed by atoms with E-state index in [0.29, 0.717) is 28.3 Å². The highest BCUT2D eigenvalue weighted by Crippen LogP contribution is 2.28. The maximum atomic E-state index is 12.6. The van der Waals surface area contributed by atoms with Gasteiger partial charge < -0.3 is 20.1 Å². The van der Waals surface area contributed by atoms with Gasteiger partial charge in [0, 0.05) is 11.6 Å². The van der Waals surface area contributed by atoms with Crippen LogP contribution in [0.25, 0.3) is 0 Å². The first-order chi connectivity index (χ1) is 12.5. The number of hydrogen-bond donors (Lipinski definition) is 2. The Hall–Kier alpha value is -3.02. The predicted molar refractivity (Wildman–Crippen MR) is 101 cm³/mol. The van der Waals surface area contributed by atoms with Gasteiger partial charge in [-0.1, -0.05) is 19.1 Å². The molecule has 0 spiro atoms. The predicted octanol–water partition coefficient (Wildman–Crippen LogP) is 3.48. The van der Waals surface area contributed by atoms with Crippen molar-refractivity contribution < 1.29 is 19.1 Å². The summed E-state index contributed by atoms with van der Waals surface area (Å²) in [5, 5.41) is 5.70. The SMILES string of the molecule is CCC(C)NC(=O)c1ccccc1NC(=O)c1ccc(OC)c(OC)c1. The molecular formula is C20H24N2O4. The third-order valence-electron chi connectivity index (χ3n) is 4.06. The summed E-state index contributed by atoms with van der Waals surface area (Å²) in [7, 11) is 3.04. The Morgan fingerprint density at radius 3 is 2.35 bits per heavy atom. The van der Waals surface area contributed by atoms with Crippen LogP contribution in [0.4, 0.5) is 5.69 Å². The van der Waals surface area contributed by atoms with Crippen molar-refractivity contribution in [3.05, 3.63) is 53.6 Å². The number of benzene rings is 2. The van der Waals surface area contributed by atoms with Crippen LogP contribution in [0, 0.1) is 0 Å². The number of hydrogen-bond acceptors (Lipinski definition) is 4. The van der Waals surface area contributed by atoms with E-state index < -0.39 is 0 Å². The van der Waals surface area contributed by atoms with Crippen LogP contribution in [0.2, 0.25) is 0 Å². The fourth-order valence-electron chi connectivity index (χ4n) is 2.37. The molecule has 0 aliphatic carbocycles. The first-order valence-electron chi connectivity index (χ1n) is 8.43. The van der Waals surface area contributed by atoms with E-state index in [9.17, 15) is 9.59 Å². The number of amides is 2. The fraction of sp³-hybridized carbons (Fsp3) is 0.300. The molecule has 6 heteroatoms. The summed E-state index contributed by atoms with van der Waals surface area (Å²) in [6.07, 6.45) is 0.825. The van der Waals surface area contributed by atoms with Crippen molar-refractivity contribution in [1.29, 1.82) is 0 Å². The van der Waals surface area contributed by atoms with Gasteiger partial charge in [-0.3, -0.25) is 9.59 Å². The van der Waals surface area contributed by atoms with Crippen LogP contribution in [-0.4, -0.2) is 32.1 Å². The average molecular weight is 356 g/mol. The lowest BCUT2D eigenvalue weighted by Crippen LogP contribution is -2.32. The summed E-state index contributed by atoms with van der Waals surface area (Å²) >= 11 is 0. The Labute approximate surface area is 153 Å². The van der Waals surface area contributed by atoms with Gasteiger partial charge >= 0.3 is 0 Å². The van der Waals surface area contributed by atoms with E-state index >= 15 is 0 Å². The third kappa shape index (κ3) is 4.53. The Bertz CT molecular complexity index is 789. The van der Waals surface area contributed by atoms with E-state index in [-0.39, 0.29) is 17.9 Å². The second-order valence-electron chi connectivity index (χ2n) is 5.85. The number of anilines is 1. The molecule has 0 aliphatic heterocycles. The summed E-state index contributed by atoms with van der Waals surface area (Å²) in [4.78, 5) is 25.0. The van der Waals surface area contributed by atoms with Crippen LogP contribution in [0.1, 0.15) is 41.0 Å². The fourth-order valence-corrected chi connectivity index (χ4v) is 2.37. The van der Waals surface area contributed by atoms with Gasteiger partial charge in [0.1, 0.15) is 0 Å². The van der Waals surface area contributed by atoms with Gasteiger partial charge in [0.2, 0.25) is 0 Å². The van der Waals surface area contributed by atoms with Gasteiger partial charge in [0.15, 0.2) is 11.5 Å². The molecule has 26 heavy (non-hydrogen) atoms. The second-order valence-corrected chi connectivity index (χ2v) is 5.85. The number of para-hydroxylation sites is 1. The topological polar surface area (TPSA) is 76.7 Å². The average Bonchev–Trinajstić information content (AvgIpc) is 2.67. The van der Waals surface area contributed by atoms with Gasteiger partial charge in [-0.25, -0.2) is 0 Å². The Morgan fingerprint density at radius 2 is 1.69 bits per heavy atom. The van der Waals surface area contributed by atoms with Crippen molar-refractivity contribution in [3.63, 3.8) is 0 Å². The second kappa shape index (κ2) is 8.89. The first-order valence-corrected chi connectivity index (χ1v) is 8.43. The van der Waals surface area contributed by atoms with E-state index in [2.05, 4.69) is 10.6 Å². The molecular weight excluding hydrogens is 332 g/mol. The normalized spacial score (nSPS) is 11.4. The largest absolute Gasteiger partial charge is 0.493 e. The zero-order valence-electron chi connectivity index (χ0n) is 15.5. The minimum atomic E-state index is -0.338. The van der Waals surface area contributed by atoms with Gasteiger partial charge in [-0.2, -0.15) is 0 Å². The molecule has 0 saturated carbocycles. The summed E-state index contributed by atoms with van der Waals surface area (Å²) in [6, 6.07) is 11.9. The lowest BCUT2D eigenvalue weighted by Gasteiger charge is -2.15. The minimum absolute atomic E-state index is 0.0529. The van der Waals surface area contributed by atoms with E-state index in [4.69, 9.17) is 9.47 Å². The first kappa shape index (κ1) is 19.3. The zero-order valence-corrected chi connectivity index (χ0v) is 15.5. The highest BCUT2D eigenvalue weighted by Gasteiger charge is 2.16. The van der Waals surface area contributed by atoms with Gasteiger partial charge in [-0.05, 0) is 43.7 Å². The van der Waals surface area contributed by atoms with Crippen molar-refractivity contribution in [2.45, 2.75) is 26.3 Å². The summed E-state index contributed by atoms with van der Waals surface area (Å²) < 4.78 is 10.4. The van der Waals surface area contributed by atoms with Crippen molar-refractivity contribution in [2.75, 3.05) is 19.5 Å². The van der Waals surface area contributed by atoms with E-state index in [1.54, 1.807) is 42.5 Å². The number of carbonyl (C=O) groups is 2. The number of carbonyl (C=O) groups excluding carboxylic acids is 2. The van der Waals surface area contributed by atoms with Crippen molar-refractivity contribution in [2.24, 2.45) is 0 Å². The molecule has 0 radical (unpaired) electrons. The molecule has 1 atom stereocenters. The van der Waals surface area contributed by atoms with Crippen molar-refractivity contribution >= 4 is 17.5 Å². The molecule has 2 N–H and O–H groups in total. The summed E-state index contributed by atoms with van der Waals surface area (Å²) in [5.41, 5.74) is 1.27. The highest BCUT2D eigenvalue weighted by molar-refractivity contribution is 6.09. The van der Waals surface area contributed by atoms with Crippen LogP contribution in [-0.2, 0) is 0 Å². The van der Waals surface area contributed by atoms with E-state index in [0.717, 1.165) is 6.42 Å². The smallest absolute Gasteiger partial charge is 0.255 e. The molecule has 0 bridgehead atoms. The number of methoxy groups -OCH3 is 2. The van der Waals surface area contributed by atoms with E-state index in [1.807, 2.05) is 13.8 Å². The van der Waals surface area contributed by atoms with Crippen LogP contribution < -0.4 is 20.1 Å². The minimum Gasteiger partial charge on any atom is -0.493 e. The van der Waals surface area contributed by atoms with Crippen LogP contribution in [0.3, 0.4) is 0 Å². The maximum Gasteiger partial charge on any atom is 0.255 e. The number of nitrogens with one attached hydrogen (secondary N) is 2. The van der Waals surface area contributed by atoms with Crippen LogP contribution >= 0.6 is 0 Å². The molecule has 0 saturated heterocycles. The molecule has 0 aromatic heterocycles. The molecule has 2 aromatic carbocycles. The molecule has 2 amide bonds. The third-order valence-corrected chi connectivity index (χ3v) is 4.06. The van der Waals surface area contributed by atoms with Crippen molar-refractivity contribution in [3.8, 4) is 11.5 Å². The zero-order chi connectivity index (χ0) is 19.1. The molecule has 0 aliphatic rings. The van der Waals surface area contributed by atoms with Gasteiger partial charge in [0.25, 0.3) is 11.8 Å². The molecule has 2 aromatic rings.